The number of carbonyl (C=O) groups is 5. The standard InChI is InChI=1S/C14H13FN2OS.C12H13NO2.C10H9FO.C10H11NO.C10H13N.CH4.ClH/c15-11-3-1-2-8-4-5-9(13(18)12(8)11)6-10-7-16-14(19)17-10;1-8(14)13-10-6-2-4-9-5-3-7-11(15)12(9)10;2*11-8-5-1-3-7-4-2-6-9(12)10(7)8;11-10-7-3-5-8-4-1-2-6-9(8)10;;/h1-3,7,9H,4-6H2,(H2,16,17,19);2,4,6H,3,5,7H2,1H3,(H,13,14);1,3,5H,2,4,6H2;1,3,5H,2,4,6,11H2;3,5,7H,1-2,4,6,11H2;1H4;1H. The lowest BCUT2D eigenvalue weighted by molar-refractivity contribution is -0.114. The average molecular weight is 1000 g/mol. The zero-order valence-electron chi connectivity index (χ0n) is 39.4. The lowest BCUT2D eigenvalue weighted by Gasteiger charge is -2.23. The predicted octanol–water partition coefficient (Wildman–Crippen LogP) is 12.7. The zero-order chi connectivity index (χ0) is 49.0. The lowest BCUT2D eigenvalue weighted by Crippen LogP contribution is -2.25. The van der Waals surface area contributed by atoms with Gasteiger partial charge in [-0.3, -0.25) is 24.0 Å². The van der Waals surface area contributed by atoms with Gasteiger partial charge in [0.1, 0.15) is 11.6 Å². The van der Waals surface area contributed by atoms with Crippen LogP contribution in [0.5, 0.6) is 0 Å². The minimum absolute atomic E-state index is 0. The van der Waals surface area contributed by atoms with Gasteiger partial charge in [0.2, 0.25) is 5.91 Å². The first kappa shape index (κ1) is 55.4. The van der Waals surface area contributed by atoms with E-state index >= 15 is 0 Å². The minimum Gasteiger partial charge on any atom is -0.398 e. The summed E-state index contributed by atoms with van der Waals surface area (Å²) in [6, 6.07) is 27.2. The first-order valence-corrected chi connectivity index (χ1v) is 24.3. The molecule has 5 aliphatic rings. The van der Waals surface area contributed by atoms with Gasteiger partial charge in [-0.1, -0.05) is 68.1 Å². The molecule has 1 heterocycles. The number of halogens is 3. The quantitative estimate of drug-likeness (QED) is 0.0858. The lowest BCUT2D eigenvalue weighted by atomic mass is 9.80. The second-order valence-corrected chi connectivity index (χ2v) is 18.5. The molecule has 71 heavy (non-hydrogen) atoms. The van der Waals surface area contributed by atoms with E-state index in [1.54, 1.807) is 30.5 Å². The molecule has 7 N–H and O–H groups in total. The summed E-state index contributed by atoms with van der Waals surface area (Å²) in [5.74, 6) is -0.886. The number of nitrogens with two attached hydrogens (primary N) is 2. The van der Waals surface area contributed by atoms with Crippen molar-refractivity contribution in [3.8, 4) is 0 Å². The van der Waals surface area contributed by atoms with E-state index in [9.17, 15) is 32.8 Å². The van der Waals surface area contributed by atoms with E-state index in [2.05, 4.69) is 27.4 Å². The molecule has 374 valence electrons. The highest BCUT2D eigenvalue weighted by atomic mass is 35.5. The smallest absolute Gasteiger partial charge is 0.221 e. The summed E-state index contributed by atoms with van der Waals surface area (Å²) in [5.41, 5.74) is 23.5. The van der Waals surface area contributed by atoms with Crippen LogP contribution in [0, 0.1) is 22.3 Å². The van der Waals surface area contributed by atoms with Crippen molar-refractivity contribution < 1.29 is 32.8 Å². The molecular weight excluding hydrogens is 940 g/mol. The third-order valence-electron chi connectivity index (χ3n) is 13.2. The molecule has 14 heteroatoms. The fourth-order valence-electron chi connectivity index (χ4n) is 9.85. The second-order valence-electron chi connectivity index (χ2n) is 18.0. The number of nitrogen functional groups attached to an aromatic ring is 2. The fourth-order valence-corrected chi connectivity index (χ4v) is 10.0. The number of nitrogens with one attached hydrogen (secondary N) is 3. The van der Waals surface area contributed by atoms with Gasteiger partial charge >= 0.3 is 0 Å². The average Bonchev–Trinajstić information content (AvgIpc) is 3.75. The van der Waals surface area contributed by atoms with Gasteiger partial charge in [-0.05, 0) is 159 Å². The number of fused-ring (bicyclic) bond motifs is 5. The van der Waals surface area contributed by atoms with Gasteiger partial charge in [-0.25, -0.2) is 8.78 Å². The van der Waals surface area contributed by atoms with Crippen molar-refractivity contribution in [2.45, 2.75) is 117 Å². The van der Waals surface area contributed by atoms with Gasteiger partial charge in [0.25, 0.3) is 0 Å². The molecule has 0 bridgehead atoms. The summed E-state index contributed by atoms with van der Waals surface area (Å²) >= 11 is 4.96. The molecule has 0 fully saturated rings. The molecule has 0 aliphatic heterocycles. The number of aromatic nitrogens is 2. The third-order valence-corrected chi connectivity index (χ3v) is 13.4. The number of H-pyrrole nitrogens is 2. The number of Topliss-reactive ketones (excluding diaryl/α,β-unsaturated/α-hetero) is 4. The Balaban J connectivity index is 0.000000166. The molecule has 5 aliphatic carbocycles. The molecule has 1 aromatic heterocycles. The predicted molar refractivity (Wildman–Crippen MR) is 284 cm³/mol. The number of rotatable bonds is 3. The maximum absolute atomic E-state index is 13.8. The van der Waals surface area contributed by atoms with E-state index in [0.29, 0.717) is 53.0 Å². The number of carbonyl (C=O) groups excluding carboxylic acids is 5. The van der Waals surface area contributed by atoms with Crippen LogP contribution in [0.1, 0.15) is 153 Å². The van der Waals surface area contributed by atoms with Crippen LogP contribution >= 0.6 is 24.6 Å². The maximum atomic E-state index is 13.8. The van der Waals surface area contributed by atoms with Crippen molar-refractivity contribution in [2.24, 2.45) is 5.92 Å². The zero-order valence-corrected chi connectivity index (χ0v) is 41.0. The topological polar surface area (TPSA) is 181 Å². The molecule has 0 saturated carbocycles. The second kappa shape index (κ2) is 26.0. The van der Waals surface area contributed by atoms with E-state index in [1.807, 2.05) is 42.5 Å². The Labute approximate surface area is 426 Å². The summed E-state index contributed by atoms with van der Waals surface area (Å²) in [4.78, 5) is 63.6. The van der Waals surface area contributed by atoms with Crippen molar-refractivity contribution in [3.05, 3.63) is 175 Å². The van der Waals surface area contributed by atoms with Crippen molar-refractivity contribution >= 4 is 70.7 Å². The van der Waals surface area contributed by atoms with E-state index < -0.39 is 5.82 Å². The Morgan fingerprint density at radius 1 is 0.606 bits per heavy atom. The van der Waals surface area contributed by atoms with E-state index in [-0.39, 0.29) is 66.2 Å². The Hall–Kier alpha value is -6.57. The maximum Gasteiger partial charge on any atom is 0.221 e. The van der Waals surface area contributed by atoms with E-state index in [0.717, 1.165) is 90.6 Å². The van der Waals surface area contributed by atoms with Crippen LogP contribution < -0.4 is 16.8 Å². The normalized spacial score (nSPS) is 15.8. The van der Waals surface area contributed by atoms with Gasteiger partial charge in [0.15, 0.2) is 27.9 Å². The number of amides is 1. The number of aryl methyl sites for hydroxylation is 5. The highest BCUT2D eigenvalue weighted by Crippen LogP contribution is 2.31. The fraction of sp³-hybridized carbons (Fsp3) is 0.333. The molecule has 1 amide bonds. The summed E-state index contributed by atoms with van der Waals surface area (Å²) in [6.45, 7) is 1.45. The molecule has 1 atom stereocenters. The molecule has 5 aromatic carbocycles. The Kier molecular flexibility index (Phi) is 20.3. The number of ketones is 4. The Morgan fingerprint density at radius 3 is 1.65 bits per heavy atom. The van der Waals surface area contributed by atoms with Crippen LogP contribution in [0.3, 0.4) is 0 Å². The van der Waals surface area contributed by atoms with Crippen molar-refractivity contribution in [1.29, 1.82) is 0 Å². The number of benzene rings is 5. The first-order valence-electron chi connectivity index (χ1n) is 23.9. The Morgan fingerprint density at radius 2 is 1.08 bits per heavy atom. The SMILES string of the molecule is C.CC(=O)Nc1cccc2c1C(=O)CCC2.Cl.Nc1cccc2c1C(=O)CCC2.Nc1cccc2c1CCCC2.O=C1CCCc2cccc(F)c21.O=C1c2c(F)cccc2CCC1Cc1c[nH]c(=S)[nH]1. The van der Waals surface area contributed by atoms with Crippen LogP contribution in [-0.4, -0.2) is 39.0 Å². The summed E-state index contributed by atoms with van der Waals surface area (Å²) < 4.78 is 27.4. The van der Waals surface area contributed by atoms with Crippen molar-refractivity contribution in [2.75, 3.05) is 16.8 Å². The Bertz CT molecular complexity index is 2880. The first-order chi connectivity index (χ1) is 33.3. The van der Waals surface area contributed by atoms with Crippen LogP contribution in [0.15, 0.2) is 97.2 Å². The molecule has 0 radical (unpaired) electrons. The van der Waals surface area contributed by atoms with Crippen molar-refractivity contribution in [1.82, 2.24) is 9.97 Å². The van der Waals surface area contributed by atoms with Gasteiger partial charge in [0, 0.05) is 66.5 Å². The van der Waals surface area contributed by atoms with Gasteiger partial charge in [-0.15, -0.1) is 12.4 Å². The largest absolute Gasteiger partial charge is 0.398 e. The summed E-state index contributed by atoms with van der Waals surface area (Å²) in [5, 5.41) is 2.70. The molecule has 6 aromatic rings. The number of hydrogen-bond donors (Lipinski definition) is 5. The van der Waals surface area contributed by atoms with Gasteiger partial charge in [0.05, 0.1) is 16.8 Å². The summed E-state index contributed by atoms with van der Waals surface area (Å²) in [6.07, 6.45) is 16.1. The van der Waals surface area contributed by atoms with Crippen LogP contribution in [0.2, 0.25) is 0 Å². The molecule has 0 spiro atoms. The van der Waals surface area contributed by atoms with Crippen LogP contribution in [0.25, 0.3) is 0 Å². The monoisotopic (exact) mass is 1000 g/mol. The molecule has 10 nitrogen and oxygen atoms in total. The minimum atomic E-state index is -0.408. The molecule has 0 saturated heterocycles. The van der Waals surface area contributed by atoms with Gasteiger partial charge in [-0.2, -0.15) is 0 Å². The molecular formula is C57H64ClF2N5O5S. The van der Waals surface area contributed by atoms with E-state index in [1.165, 1.54) is 55.9 Å². The third kappa shape index (κ3) is 14.1. The summed E-state index contributed by atoms with van der Waals surface area (Å²) in [7, 11) is 0. The van der Waals surface area contributed by atoms with Gasteiger partial charge < -0.3 is 26.8 Å². The number of anilines is 3. The number of hydrogen-bond acceptors (Lipinski definition) is 8. The highest BCUT2D eigenvalue weighted by Gasteiger charge is 2.30. The number of aromatic amines is 2. The number of imidazole rings is 1. The van der Waals surface area contributed by atoms with Crippen molar-refractivity contribution in [3.63, 3.8) is 0 Å². The molecule has 1 unspecified atom stereocenters. The van der Waals surface area contributed by atoms with Crippen LogP contribution in [0.4, 0.5) is 25.8 Å². The molecule has 11 rings (SSSR count). The highest BCUT2D eigenvalue weighted by molar-refractivity contribution is 7.71. The van der Waals surface area contributed by atoms with E-state index in [4.69, 9.17) is 23.7 Å². The van der Waals surface area contributed by atoms with Crippen LogP contribution in [-0.2, 0) is 49.7 Å².